The van der Waals surface area contributed by atoms with Gasteiger partial charge in [0.05, 0.1) is 18.6 Å². The molecule has 1 N–H and O–H groups in total. The number of ether oxygens (including phenoxy) is 2. The van der Waals surface area contributed by atoms with E-state index in [9.17, 15) is 4.79 Å². The summed E-state index contributed by atoms with van der Waals surface area (Å²) in [6, 6.07) is 14.4. The Morgan fingerprint density at radius 3 is 2.36 bits per heavy atom. The fourth-order valence-electron chi connectivity index (χ4n) is 5.06. The van der Waals surface area contributed by atoms with Crippen molar-refractivity contribution in [2.45, 2.75) is 43.8 Å². The molecule has 0 aromatic heterocycles. The first kappa shape index (κ1) is 17.7. The van der Waals surface area contributed by atoms with Crippen LogP contribution in [-0.2, 0) is 19.7 Å². The number of rotatable bonds is 2. The zero-order chi connectivity index (χ0) is 19.2. The van der Waals surface area contributed by atoms with Gasteiger partial charge in [0.15, 0.2) is 5.79 Å². The highest BCUT2D eigenvalue weighted by Gasteiger charge is 2.54. The predicted octanol–water partition coefficient (Wildman–Crippen LogP) is 4.67. The fourth-order valence-corrected chi connectivity index (χ4v) is 5.06. The summed E-state index contributed by atoms with van der Waals surface area (Å²) in [5.41, 5.74) is 5.18. The molecule has 4 heteroatoms. The SMILES string of the molecule is Cc1c(/C=C/c2ccccc2)ccc2c1C1(CCC3(CC1)OCCO3)C(=O)N2. The van der Waals surface area contributed by atoms with Gasteiger partial charge in [0.25, 0.3) is 0 Å². The lowest BCUT2D eigenvalue weighted by atomic mass is 9.67. The monoisotopic (exact) mass is 375 g/mol. The number of fused-ring (bicyclic) bond motifs is 2. The van der Waals surface area contributed by atoms with E-state index in [-0.39, 0.29) is 5.91 Å². The van der Waals surface area contributed by atoms with E-state index in [1.54, 1.807) is 0 Å². The number of amides is 1. The van der Waals surface area contributed by atoms with Gasteiger partial charge < -0.3 is 14.8 Å². The maximum Gasteiger partial charge on any atom is 0.235 e. The Morgan fingerprint density at radius 1 is 0.929 bits per heavy atom. The minimum absolute atomic E-state index is 0.127. The molecule has 0 unspecified atom stereocenters. The van der Waals surface area contributed by atoms with Crippen LogP contribution in [0.4, 0.5) is 5.69 Å². The van der Waals surface area contributed by atoms with Gasteiger partial charge in [0, 0.05) is 18.5 Å². The number of anilines is 1. The molecule has 1 saturated heterocycles. The van der Waals surface area contributed by atoms with Gasteiger partial charge in [-0.1, -0.05) is 48.6 Å². The maximum absolute atomic E-state index is 13.0. The van der Waals surface area contributed by atoms with Crippen LogP contribution in [0, 0.1) is 6.92 Å². The minimum Gasteiger partial charge on any atom is -0.348 e. The highest BCUT2D eigenvalue weighted by Crippen LogP contribution is 2.53. The molecule has 2 aromatic rings. The quantitative estimate of drug-likeness (QED) is 0.776. The molecule has 1 amide bonds. The summed E-state index contributed by atoms with van der Waals surface area (Å²) in [5, 5.41) is 3.13. The van der Waals surface area contributed by atoms with Crippen LogP contribution in [0.5, 0.6) is 0 Å². The summed E-state index contributed by atoms with van der Waals surface area (Å²) >= 11 is 0. The minimum atomic E-state index is -0.465. The second-order valence-corrected chi connectivity index (χ2v) is 8.09. The van der Waals surface area contributed by atoms with Gasteiger partial charge in [-0.2, -0.15) is 0 Å². The highest BCUT2D eigenvalue weighted by molar-refractivity contribution is 6.07. The van der Waals surface area contributed by atoms with E-state index >= 15 is 0 Å². The molecule has 0 atom stereocenters. The Hall–Kier alpha value is -2.43. The van der Waals surface area contributed by atoms with Gasteiger partial charge in [-0.3, -0.25) is 4.79 Å². The number of benzene rings is 2. The first-order valence-corrected chi connectivity index (χ1v) is 10.1. The summed E-state index contributed by atoms with van der Waals surface area (Å²) in [5.74, 6) is -0.338. The van der Waals surface area contributed by atoms with Crippen molar-refractivity contribution in [2.24, 2.45) is 0 Å². The van der Waals surface area contributed by atoms with Gasteiger partial charge in [0.2, 0.25) is 5.91 Å². The van der Waals surface area contributed by atoms with Crippen molar-refractivity contribution in [3.63, 3.8) is 0 Å². The second kappa shape index (κ2) is 6.57. The molecular weight excluding hydrogens is 350 g/mol. The summed E-state index contributed by atoms with van der Waals surface area (Å²) in [4.78, 5) is 13.0. The maximum atomic E-state index is 13.0. The highest BCUT2D eigenvalue weighted by atomic mass is 16.7. The molecule has 0 bridgehead atoms. The molecule has 2 spiro atoms. The second-order valence-electron chi connectivity index (χ2n) is 8.09. The van der Waals surface area contributed by atoms with Crippen molar-refractivity contribution < 1.29 is 14.3 Å². The number of carbonyl (C=O) groups excluding carboxylic acids is 1. The van der Waals surface area contributed by atoms with E-state index < -0.39 is 11.2 Å². The van der Waals surface area contributed by atoms with E-state index in [2.05, 4.69) is 42.6 Å². The van der Waals surface area contributed by atoms with Gasteiger partial charge >= 0.3 is 0 Å². The lowest BCUT2D eigenvalue weighted by Crippen LogP contribution is -2.45. The molecule has 4 nitrogen and oxygen atoms in total. The average Bonchev–Trinajstić information content (AvgIpc) is 3.28. The van der Waals surface area contributed by atoms with Crippen molar-refractivity contribution in [1.29, 1.82) is 0 Å². The number of hydrogen-bond donors (Lipinski definition) is 1. The van der Waals surface area contributed by atoms with Crippen molar-refractivity contribution in [2.75, 3.05) is 18.5 Å². The lowest BCUT2D eigenvalue weighted by molar-refractivity contribution is -0.185. The standard InChI is InChI=1S/C24H25NO3/c1-17-19(8-7-18-5-3-2-4-6-18)9-10-20-21(17)23(22(26)25-20)11-13-24(14-12-23)27-15-16-28-24/h2-10H,11-16H2,1H3,(H,25,26)/b8-7+. The molecule has 2 aromatic carbocycles. The van der Waals surface area contributed by atoms with Gasteiger partial charge in [0.1, 0.15) is 0 Å². The van der Waals surface area contributed by atoms with E-state index in [4.69, 9.17) is 9.47 Å². The lowest BCUT2D eigenvalue weighted by Gasteiger charge is -2.40. The summed E-state index contributed by atoms with van der Waals surface area (Å²) < 4.78 is 11.8. The summed E-state index contributed by atoms with van der Waals surface area (Å²) in [6.07, 6.45) is 7.33. The topological polar surface area (TPSA) is 47.6 Å². The van der Waals surface area contributed by atoms with Gasteiger partial charge in [-0.15, -0.1) is 0 Å². The third kappa shape index (κ3) is 2.71. The molecular formula is C24H25NO3. The average molecular weight is 375 g/mol. The summed E-state index contributed by atoms with van der Waals surface area (Å²) in [7, 11) is 0. The Morgan fingerprint density at radius 2 is 1.64 bits per heavy atom. The van der Waals surface area contributed by atoms with Crippen LogP contribution in [0.3, 0.4) is 0 Å². The summed E-state index contributed by atoms with van der Waals surface area (Å²) in [6.45, 7) is 3.45. The third-order valence-corrected chi connectivity index (χ3v) is 6.60. The number of nitrogens with one attached hydrogen (secondary N) is 1. The van der Waals surface area contributed by atoms with E-state index in [0.717, 1.165) is 36.9 Å². The zero-order valence-corrected chi connectivity index (χ0v) is 16.2. The van der Waals surface area contributed by atoms with Crippen molar-refractivity contribution >= 4 is 23.7 Å². The zero-order valence-electron chi connectivity index (χ0n) is 16.2. The van der Waals surface area contributed by atoms with Crippen LogP contribution in [0.1, 0.15) is 47.9 Å². The van der Waals surface area contributed by atoms with Crippen molar-refractivity contribution in [1.82, 2.24) is 0 Å². The smallest absolute Gasteiger partial charge is 0.235 e. The Kier molecular flexibility index (Phi) is 4.14. The molecule has 144 valence electrons. The van der Waals surface area contributed by atoms with E-state index in [0.29, 0.717) is 13.2 Å². The van der Waals surface area contributed by atoms with Crippen LogP contribution in [-0.4, -0.2) is 24.9 Å². The Bertz CT molecular complexity index is 932. The van der Waals surface area contributed by atoms with Crippen LogP contribution in [0.15, 0.2) is 42.5 Å². The molecule has 2 aliphatic heterocycles. The third-order valence-electron chi connectivity index (χ3n) is 6.60. The van der Waals surface area contributed by atoms with Crippen LogP contribution >= 0.6 is 0 Å². The Labute approximate surface area is 165 Å². The van der Waals surface area contributed by atoms with Crippen molar-refractivity contribution in [3.05, 3.63) is 64.7 Å². The molecule has 2 fully saturated rings. The fraction of sp³-hybridized carbons (Fsp3) is 0.375. The first-order chi connectivity index (χ1) is 13.6. The largest absolute Gasteiger partial charge is 0.348 e. The molecule has 2 heterocycles. The van der Waals surface area contributed by atoms with Crippen LogP contribution in [0.25, 0.3) is 12.2 Å². The molecule has 1 aliphatic carbocycles. The Balaban J connectivity index is 1.49. The number of hydrogen-bond acceptors (Lipinski definition) is 3. The molecule has 1 saturated carbocycles. The van der Waals surface area contributed by atoms with Crippen LogP contribution < -0.4 is 5.32 Å². The molecule has 3 aliphatic rings. The normalized spacial score (nSPS) is 22.1. The molecule has 5 rings (SSSR count). The van der Waals surface area contributed by atoms with Crippen molar-refractivity contribution in [3.8, 4) is 0 Å². The van der Waals surface area contributed by atoms with E-state index in [1.165, 1.54) is 16.7 Å². The molecule has 28 heavy (non-hydrogen) atoms. The number of carbonyl (C=O) groups is 1. The van der Waals surface area contributed by atoms with Crippen LogP contribution in [0.2, 0.25) is 0 Å². The molecule has 0 radical (unpaired) electrons. The predicted molar refractivity (Wildman–Crippen MR) is 110 cm³/mol. The van der Waals surface area contributed by atoms with Gasteiger partial charge in [-0.05, 0) is 48.1 Å². The van der Waals surface area contributed by atoms with E-state index in [1.807, 2.05) is 24.3 Å². The first-order valence-electron chi connectivity index (χ1n) is 10.1. The van der Waals surface area contributed by atoms with Gasteiger partial charge in [-0.25, -0.2) is 0 Å².